The van der Waals surface area contributed by atoms with Crippen LogP contribution < -0.4 is 0 Å². The molecule has 4 rings (SSSR count). The normalized spacial score (nSPS) is 55.7. The van der Waals surface area contributed by atoms with Gasteiger partial charge in [-0.1, -0.05) is 13.8 Å². The van der Waals surface area contributed by atoms with Gasteiger partial charge in [-0.3, -0.25) is 4.79 Å². The molecule has 0 amide bonds. The molecule has 23 heavy (non-hydrogen) atoms. The summed E-state index contributed by atoms with van der Waals surface area (Å²) in [4.78, 5) is 23.6. The molecule has 0 spiro atoms. The Balaban J connectivity index is 1.65. The Bertz CT molecular complexity index is 529. The molecule has 0 heterocycles. The second-order valence-electron chi connectivity index (χ2n) is 9.41. The minimum Gasteiger partial charge on any atom is -0.393 e. The van der Waals surface area contributed by atoms with E-state index < -0.39 is 0 Å². The average molecular weight is 318 g/mol. The zero-order chi connectivity index (χ0) is 16.4. The first kappa shape index (κ1) is 15.8. The highest BCUT2D eigenvalue weighted by molar-refractivity contribution is 5.94. The smallest absolute Gasteiger partial charge is 0.143 e. The van der Waals surface area contributed by atoms with Crippen molar-refractivity contribution in [3.63, 3.8) is 0 Å². The molecule has 8 atom stereocenters. The molecule has 0 aromatic heterocycles. The van der Waals surface area contributed by atoms with Crippen molar-refractivity contribution >= 4 is 12.1 Å². The van der Waals surface area contributed by atoms with Crippen LogP contribution in [-0.4, -0.2) is 23.3 Å². The van der Waals surface area contributed by atoms with Gasteiger partial charge in [0.1, 0.15) is 12.1 Å². The minimum absolute atomic E-state index is 0.110. The number of aliphatic hydroxyl groups is 1. The first-order valence-electron chi connectivity index (χ1n) is 9.56. The maximum absolute atomic E-state index is 12.2. The van der Waals surface area contributed by atoms with Gasteiger partial charge in [0, 0.05) is 6.42 Å². The monoisotopic (exact) mass is 318 g/mol. The van der Waals surface area contributed by atoms with E-state index in [9.17, 15) is 14.7 Å². The Morgan fingerprint density at radius 2 is 1.78 bits per heavy atom. The lowest BCUT2D eigenvalue weighted by molar-refractivity contribution is -0.151. The number of hydrogen-bond acceptors (Lipinski definition) is 3. The fraction of sp³-hybridized carbons (Fsp3) is 0.900. The molecule has 4 aliphatic rings. The van der Waals surface area contributed by atoms with Gasteiger partial charge in [0.2, 0.25) is 0 Å². The van der Waals surface area contributed by atoms with Gasteiger partial charge in [0.05, 0.1) is 12.0 Å². The van der Waals surface area contributed by atoms with Crippen molar-refractivity contribution < 1.29 is 14.7 Å². The predicted molar refractivity (Wildman–Crippen MR) is 87.7 cm³/mol. The highest BCUT2D eigenvalue weighted by Crippen LogP contribution is 2.66. The summed E-state index contributed by atoms with van der Waals surface area (Å²) in [6, 6.07) is 0. The van der Waals surface area contributed by atoms with Crippen molar-refractivity contribution in [3.8, 4) is 0 Å². The van der Waals surface area contributed by atoms with Gasteiger partial charge in [-0.05, 0) is 79.4 Å². The molecular formula is C20H30O3. The highest BCUT2D eigenvalue weighted by atomic mass is 16.3. The van der Waals surface area contributed by atoms with E-state index in [4.69, 9.17) is 0 Å². The van der Waals surface area contributed by atoms with Crippen LogP contribution in [0, 0.1) is 40.4 Å². The number of rotatable bonds is 1. The maximum Gasteiger partial charge on any atom is 0.143 e. The third-order valence-electron chi connectivity index (χ3n) is 8.70. The summed E-state index contributed by atoms with van der Waals surface area (Å²) >= 11 is 0. The SMILES string of the molecule is CC12CCC3C(CCC4CC(=O)C(C=O)CC43C)C1CCC2O. The molecular weight excluding hydrogens is 288 g/mol. The Hall–Kier alpha value is -0.700. The van der Waals surface area contributed by atoms with E-state index in [-0.39, 0.29) is 28.6 Å². The minimum atomic E-state index is -0.363. The zero-order valence-electron chi connectivity index (χ0n) is 14.5. The van der Waals surface area contributed by atoms with Crippen LogP contribution in [0.2, 0.25) is 0 Å². The largest absolute Gasteiger partial charge is 0.393 e. The van der Waals surface area contributed by atoms with Crippen LogP contribution in [0.5, 0.6) is 0 Å². The molecule has 4 fully saturated rings. The van der Waals surface area contributed by atoms with Gasteiger partial charge in [-0.2, -0.15) is 0 Å². The molecule has 0 aromatic rings. The van der Waals surface area contributed by atoms with Gasteiger partial charge >= 0.3 is 0 Å². The summed E-state index contributed by atoms with van der Waals surface area (Å²) in [7, 11) is 0. The molecule has 0 bridgehead atoms. The molecule has 0 aliphatic heterocycles. The van der Waals surface area contributed by atoms with Crippen LogP contribution in [0.25, 0.3) is 0 Å². The zero-order valence-corrected chi connectivity index (χ0v) is 14.5. The Morgan fingerprint density at radius 3 is 2.52 bits per heavy atom. The van der Waals surface area contributed by atoms with Crippen molar-refractivity contribution in [2.75, 3.05) is 0 Å². The van der Waals surface area contributed by atoms with E-state index in [1.807, 2.05) is 0 Å². The highest BCUT2D eigenvalue weighted by Gasteiger charge is 2.60. The second-order valence-corrected chi connectivity index (χ2v) is 9.41. The van der Waals surface area contributed by atoms with Crippen molar-refractivity contribution in [2.24, 2.45) is 40.4 Å². The van der Waals surface area contributed by atoms with Crippen LogP contribution in [-0.2, 0) is 9.59 Å². The number of carbonyl (C=O) groups excluding carboxylic acids is 2. The lowest BCUT2D eigenvalue weighted by Crippen LogP contribution is -2.55. The number of aliphatic hydroxyl groups excluding tert-OH is 1. The summed E-state index contributed by atoms with van der Waals surface area (Å²) in [5.74, 6) is 2.26. The fourth-order valence-corrected chi connectivity index (χ4v) is 7.27. The summed E-state index contributed by atoms with van der Waals surface area (Å²) in [5, 5.41) is 10.5. The predicted octanol–water partition coefficient (Wildman–Crippen LogP) is 3.38. The molecule has 128 valence electrons. The molecule has 0 saturated heterocycles. The average Bonchev–Trinajstić information content (AvgIpc) is 2.83. The quantitative estimate of drug-likeness (QED) is 0.595. The second kappa shape index (κ2) is 5.15. The van der Waals surface area contributed by atoms with Crippen LogP contribution in [0.3, 0.4) is 0 Å². The standard InChI is InChI=1S/C20H30O3/c1-19-8-7-16-14(15(19)5-6-18(19)23)4-3-13-9-17(22)12(11-21)10-20(13,16)2/h11-16,18,23H,3-10H2,1-2H3. The number of ketones is 1. The van der Waals surface area contributed by atoms with E-state index in [1.165, 1.54) is 12.8 Å². The van der Waals surface area contributed by atoms with Gasteiger partial charge in [0.15, 0.2) is 0 Å². The summed E-state index contributed by atoms with van der Waals surface area (Å²) in [6.45, 7) is 4.67. The van der Waals surface area contributed by atoms with E-state index >= 15 is 0 Å². The van der Waals surface area contributed by atoms with E-state index in [0.717, 1.165) is 38.4 Å². The molecule has 4 aliphatic carbocycles. The molecule has 8 unspecified atom stereocenters. The van der Waals surface area contributed by atoms with E-state index in [1.54, 1.807) is 0 Å². The first-order chi connectivity index (χ1) is 10.9. The van der Waals surface area contributed by atoms with E-state index in [0.29, 0.717) is 30.1 Å². The maximum atomic E-state index is 12.2. The molecule has 0 radical (unpaired) electrons. The lowest BCUT2D eigenvalue weighted by Gasteiger charge is -2.60. The number of hydrogen-bond donors (Lipinski definition) is 1. The summed E-state index contributed by atoms with van der Waals surface area (Å²) < 4.78 is 0. The van der Waals surface area contributed by atoms with Crippen LogP contribution in [0.4, 0.5) is 0 Å². The van der Waals surface area contributed by atoms with E-state index in [2.05, 4.69) is 13.8 Å². The van der Waals surface area contributed by atoms with Crippen molar-refractivity contribution in [2.45, 2.75) is 71.3 Å². The van der Waals surface area contributed by atoms with Gasteiger partial charge in [-0.15, -0.1) is 0 Å². The topological polar surface area (TPSA) is 54.4 Å². The molecule has 4 saturated carbocycles. The Labute approximate surface area is 139 Å². The van der Waals surface area contributed by atoms with Crippen LogP contribution in [0.1, 0.15) is 65.2 Å². The summed E-state index contributed by atoms with van der Waals surface area (Å²) in [6.07, 6.45) is 8.92. The molecule has 0 aromatic carbocycles. The van der Waals surface area contributed by atoms with Crippen LogP contribution >= 0.6 is 0 Å². The number of carbonyl (C=O) groups is 2. The van der Waals surface area contributed by atoms with Gasteiger partial charge < -0.3 is 9.90 Å². The summed E-state index contributed by atoms with van der Waals surface area (Å²) in [5.41, 5.74) is 0.260. The number of Topliss-reactive ketones (excluding diaryl/α,β-unsaturated/α-hetero) is 1. The number of aldehydes is 1. The van der Waals surface area contributed by atoms with Gasteiger partial charge in [-0.25, -0.2) is 0 Å². The Morgan fingerprint density at radius 1 is 1.04 bits per heavy atom. The molecule has 3 heteroatoms. The Kier molecular flexibility index (Phi) is 3.54. The lowest BCUT2D eigenvalue weighted by atomic mass is 9.44. The molecule has 3 nitrogen and oxygen atoms in total. The molecule has 1 N–H and O–H groups in total. The third-order valence-corrected chi connectivity index (χ3v) is 8.70. The van der Waals surface area contributed by atoms with Crippen molar-refractivity contribution in [1.29, 1.82) is 0 Å². The van der Waals surface area contributed by atoms with Crippen molar-refractivity contribution in [1.82, 2.24) is 0 Å². The fourth-order valence-electron chi connectivity index (χ4n) is 7.27. The number of fused-ring (bicyclic) bond motifs is 5. The van der Waals surface area contributed by atoms with Crippen LogP contribution in [0.15, 0.2) is 0 Å². The van der Waals surface area contributed by atoms with Gasteiger partial charge in [0.25, 0.3) is 0 Å². The van der Waals surface area contributed by atoms with Crippen molar-refractivity contribution in [3.05, 3.63) is 0 Å². The third kappa shape index (κ3) is 2.04. The first-order valence-corrected chi connectivity index (χ1v) is 9.56.